The van der Waals surface area contributed by atoms with Crippen LogP contribution in [0.1, 0.15) is 20.8 Å². The number of carbonyl (C=O) groups is 3. The van der Waals surface area contributed by atoms with Crippen molar-refractivity contribution in [2.24, 2.45) is 0 Å². The highest BCUT2D eigenvalue weighted by Crippen LogP contribution is 2.15. The number of pyridine rings is 1. The number of aromatic nitrogens is 1. The Morgan fingerprint density at radius 1 is 1.04 bits per heavy atom. The molecule has 0 spiro atoms. The SMILES string of the molecule is COC(=O)c1ccccc1NC(=O)COC(=O)c1ccccn1. The molecule has 2 rings (SSSR count). The van der Waals surface area contributed by atoms with E-state index in [-0.39, 0.29) is 16.9 Å². The summed E-state index contributed by atoms with van der Waals surface area (Å²) in [5, 5.41) is 2.50. The van der Waals surface area contributed by atoms with Crippen molar-refractivity contribution < 1.29 is 23.9 Å². The molecule has 0 saturated carbocycles. The number of nitrogens with one attached hydrogen (secondary N) is 1. The van der Waals surface area contributed by atoms with Crippen LogP contribution >= 0.6 is 0 Å². The Labute approximate surface area is 132 Å². The Hall–Kier alpha value is -3.22. The molecule has 0 atom stereocenters. The summed E-state index contributed by atoms with van der Waals surface area (Å²) >= 11 is 0. The van der Waals surface area contributed by atoms with E-state index in [4.69, 9.17) is 4.74 Å². The summed E-state index contributed by atoms with van der Waals surface area (Å²) < 4.78 is 9.49. The molecular weight excluding hydrogens is 300 g/mol. The lowest BCUT2D eigenvalue weighted by atomic mass is 10.2. The highest BCUT2D eigenvalue weighted by atomic mass is 16.5. The summed E-state index contributed by atoms with van der Waals surface area (Å²) in [4.78, 5) is 39.0. The van der Waals surface area contributed by atoms with Gasteiger partial charge in [-0.25, -0.2) is 14.6 Å². The number of ether oxygens (including phenoxy) is 2. The summed E-state index contributed by atoms with van der Waals surface area (Å²) in [6.45, 7) is -0.495. The van der Waals surface area contributed by atoms with Gasteiger partial charge < -0.3 is 14.8 Å². The van der Waals surface area contributed by atoms with Crippen LogP contribution in [0.15, 0.2) is 48.7 Å². The summed E-state index contributed by atoms with van der Waals surface area (Å²) in [7, 11) is 1.25. The Morgan fingerprint density at radius 2 is 1.78 bits per heavy atom. The van der Waals surface area contributed by atoms with Gasteiger partial charge in [-0.3, -0.25) is 4.79 Å². The topological polar surface area (TPSA) is 94.6 Å². The molecule has 0 bridgehead atoms. The quantitative estimate of drug-likeness (QED) is 0.844. The van der Waals surface area contributed by atoms with Crippen molar-refractivity contribution in [2.45, 2.75) is 0 Å². The molecule has 2 aromatic rings. The van der Waals surface area contributed by atoms with E-state index in [0.717, 1.165) is 0 Å². The molecule has 0 aliphatic heterocycles. The molecule has 1 amide bonds. The number of esters is 2. The van der Waals surface area contributed by atoms with Crippen molar-refractivity contribution >= 4 is 23.5 Å². The van der Waals surface area contributed by atoms with Gasteiger partial charge in [0, 0.05) is 6.20 Å². The first-order valence-electron chi connectivity index (χ1n) is 6.67. The van der Waals surface area contributed by atoms with E-state index in [1.165, 1.54) is 25.4 Å². The molecule has 1 N–H and O–H groups in total. The number of anilines is 1. The molecule has 0 radical (unpaired) electrons. The van der Waals surface area contributed by atoms with Gasteiger partial charge in [-0.05, 0) is 24.3 Å². The van der Waals surface area contributed by atoms with Crippen LogP contribution in [-0.2, 0) is 14.3 Å². The minimum Gasteiger partial charge on any atom is -0.465 e. The first kappa shape index (κ1) is 16.2. The van der Waals surface area contributed by atoms with Crippen molar-refractivity contribution in [2.75, 3.05) is 19.0 Å². The lowest BCUT2D eigenvalue weighted by molar-refractivity contribution is -0.119. The van der Waals surface area contributed by atoms with Crippen LogP contribution in [0.2, 0.25) is 0 Å². The molecule has 1 aromatic heterocycles. The van der Waals surface area contributed by atoms with Crippen LogP contribution in [0.3, 0.4) is 0 Å². The number of amides is 1. The molecule has 7 heteroatoms. The average Bonchev–Trinajstić information content (AvgIpc) is 2.60. The first-order chi connectivity index (χ1) is 11.1. The Bertz CT molecular complexity index is 715. The monoisotopic (exact) mass is 314 g/mol. The normalized spacial score (nSPS) is 9.78. The second kappa shape index (κ2) is 7.69. The highest BCUT2D eigenvalue weighted by molar-refractivity contribution is 6.02. The molecule has 7 nitrogen and oxygen atoms in total. The third-order valence-corrected chi connectivity index (χ3v) is 2.81. The van der Waals surface area contributed by atoms with E-state index in [1.807, 2.05) is 0 Å². The molecule has 23 heavy (non-hydrogen) atoms. The fourth-order valence-electron chi connectivity index (χ4n) is 1.75. The number of nitrogens with zero attached hydrogens (tertiary/aromatic N) is 1. The van der Waals surface area contributed by atoms with Crippen LogP contribution in [0, 0.1) is 0 Å². The van der Waals surface area contributed by atoms with Gasteiger partial charge >= 0.3 is 11.9 Å². The smallest absolute Gasteiger partial charge is 0.357 e. The third kappa shape index (κ3) is 4.37. The molecule has 0 fully saturated rings. The van der Waals surface area contributed by atoms with E-state index in [0.29, 0.717) is 0 Å². The van der Waals surface area contributed by atoms with Gasteiger partial charge in [0.1, 0.15) is 5.69 Å². The Kier molecular flexibility index (Phi) is 5.40. The lowest BCUT2D eigenvalue weighted by Gasteiger charge is -2.09. The largest absolute Gasteiger partial charge is 0.465 e. The van der Waals surface area contributed by atoms with E-state index in [9.17, 15) is 14.4 Å². The number of para-hydroxylation sites is 1. The molecule has 0 aliphatic carbocycles. The van der Waals surface area contributed by atoms with Gasteiger partial charge in [-0.2, -0.15) is 0 Å². The van der Waals surface area contributed by atoms with Crippen molar-refractivity contribution in [1.29, 1.82) is 0 Å². The zero-order chi connectivity index (χ0) is 16.7. The molecular formula is C16H14N2O5. The molecule has 1 aromatic carbocycles. The van der Waals surface area contributed by atoms with E-state index < -0.39 is 24.5 Å². The van der Waals surface area contributed by atoms with Gasteiger partial charge in [-0.1, -0.05) is 18.2 Å². The second-order valence-electron chi connectivity index (χ2n) is 4.38. The van der Waals surface area contributed by atoms with Gasteiger partial charge in [-0.15, -0.1) is 0 Å². The third-order valence-electron chi connectivity index (χ3n) is 2.81. The van der Waals surface area contributed by atoms with Crippen LogP contribution < -0.4 is 5.32 Å². The van der Waals surface area contributed by atoms with Crippen LogP contribution in [0.25, 0.3) is 0 Å². The molecule has 0 saturated heterocycles. The van der Waals surface area contributed by atoms with Crippen molar-refractivity contribution in [3.05, 3.63) is 59.9 Å². The first-order valence-corrected chi connectivity index (χ1v) is 6.67. The Balaban J connectivity index is 1.96. The lowest BCUT2D eigenvalue weighted by Crippen LogP contribution is -2.22. The summed E-state index contributed by atoms with van der Waals surface area (Å²) in [6.07, 6.45) is 1.45. The van der Waals surface area contributed by atoms with Crippen LogP contribution in [0.4, 0.5) is 5.69 Å². The van der Waals surface area contributed by atoms with E-state index >= 15 is 0 Å². The van der Waals surface area contributed by atoms with E-state index in [1.54, 1.807) is 30.3 Å². The standard InChI is InChI=1S/C16H14N2O5/c1-22-15(20)11-6-2-3-7-12(11)18-14(19)10-23-16(21)13-8-4-5-9-17-13/h2-9H,10H2,1H3,(H,18,19). The predicted octanol–water partition coefficient (Wildman–Crippen LogP) is 1.66. The van der Waals surface area contributed by atoms with E-state index in [2.05, 4.69) is 15.0 Å². The Morgan fingerprint density at radius 3 is 2.48 bits per heavy atom. The zero-order valence-corrected chi connectivity index (χ0v) is 12.3. The van der Waals surface area contributed by atoms with Gasteiger partial charge in [0.15, 0.2) is 6.61 Å². The molecule has 1 heterocycles. The highest BCUT2D eigenvalue weighted by Gasteiger charge is 2.15. The average molecular weight is 314 g/mol. The van der Waals surface area contributed by atoms with Crippen molar-refractivity contribution in [3.63, 3.8) is 0 Å². The second-order valence-corrected chi connectivity index (χ2v) is 4.38. The minimum atomic E-state index is -0.706. The van der Waals surface area contributed by atoms with Gasteiger partial charge in [0.25, 0.3) is 5.91 Å². The number of benzene rings is 1. The van der Waals surface area contributed by atoms with Crippen LogP contribution in [-0.4, -0.2) is 36.5 Å². The summed E-state index contributed by atoms with van der Waals surface area (Å²) in [5.41, 5.74) is 0.591. The van der Waals surface area contributed by atoms with Crippen molar-refractivity contribution in [1.82, 2.24) is 4.98 Å². The number of methoxy groups -OCH3 is 1. The summed E-state index contributed by atoms with van der Waals surface area (Å²) in [6, 6.07) is 11.1. The molecule has 0 unspecified atom stereocenters. The maximum absolute atomic E-state index is 11.9. The predicted molar refractivity (Wildman–Crippen MR) is 80.9 cm³/mol. The number of rotatable bonds is 5. The van der Waals surface area contributed by atoms with Gasteiger partial charge in [0.05, 0.1) is 18.4 Å². The molecule has 118 valence electrons. The fourth-order valence-corrected chi connectivity index (χ4v) is 1.75. The molecule has 0 aliphatic rings. The zero-order valence-electron chi connectivity index (χ0n) is 12.3. The fraction of sp³-hybridized carbons (Fsp3) is 0.125. The van der Waals surface area contributed by atoms with Crippen molar-refractivity contribution in [3.8, 4) is 0 Å². The number of carbonyl (C=O) groups excluding carboxylic acids is 3. The summed E-state index contributed by atoms with van der Waals surface area (Å²) in [5.74, 6) is -1.86. The van der Waals surface area contributed by atoms with Gasteiger partial charge in [0.2, 0.25) is 0 Å². The minimum absolute atomic E-state index is 0.107. The van der Waals surface area contributed by atoms with Crippen LogP contribution in [0.5, 0.6) is 0 Å². The maximum atomic E-state index is 11.9. The number of hydrogen-bond acceptors (Lipinski definition) is 6. The maximum Gasteiger partial charge on any atom is 0.357 e. The number of hydrogen-bond donors (Lipinski definition) is 1.